The van der Waals surface area contributed by atoms with Crippen LogP contribution in [0.4, 0.5) is 5.69 Å². The Morgan fingerprint density at radius 1 is 1.34 bits per heavy atom. The molecule has 9 heteroatoms. The van der Waals surface area contributed by atoms with Crippen LogP contribution in [0.5, 0.6) is 0 Å². The van der Waals surface area contributed by atoms with E-state index in [0.29, 0.717) is 25.1 Å². The number of anilines is 1. The number of hydrogen-bond donors (Lipinski definition) is 3. The number of aryl methyl sites for hydroxylation is 1. The van der Waals surface area contributed by atoms with Crippen molar-refractivity contribution in [1.82, 2.24) is 24.4 Å². The summed E-state index contributed by atoms with van der Waals surface area (Å²) >= 11 is 0. The van der Waals surface area contributed by atoms with Crippen molar-refractivity contribution in [2.24, 2.45) is 5.41 Å². The van der Waals surface area contributed by atoms with E-state index >= 15 is 0 Å². The smallest absolute Gasteiger partial charge is 0.323 e. The van der Waals surface area contributed by atoms with Gasteiger partial charge in [-0.1, -0.05) is 0 Å². The molecule has 2 aromatic heterocycles. The Morgan fingerprint density at radius 2 is 2.17 bits per heavy atom. The molecular weight excluding hydrogens is 372 g/mol. The molecule has 29 heavy (non-hydrogen) atoms. The maximum atomic E-state index is 13.1. The summed E-state index contributed by atoms with van der Waals surface area (Å²) in [7, 11) is 0. The summed E-state index contributed by atoms with van der Waals surface area (Å²) in [5, 5.41) is 2.98. The summed E-state index contributed by atoms with van der Waals surface area (Å²) in [5.74, 6) is -0.416. The lowest BCUT2D eigenvalue weighted by Crippen LogP contribution is -2.50. The summed E-state index contributed by atoms with van der Waals surface area (Å²) < 4.78 is 2.04. The van der Waals surface area contributed by atoms with Crippen LogP contribution < -0.4 is 11.0 Å². The van der Waals surface area contributed by atoms with E-state index in [0.717, 1.165) is 17.6 Å². The number of aromatic amines is 2. The lowest BCUT2D eigenvalue weighted by molar-refractivity contribution is -0.127. The highest BCUT2D eigenvalue weighted by Crippen LogP contribution is 2.32. The van der Waals surface area contributed by atoms with Gasteiger partial charge in [-0.3, -0.25) is 9.59 Å². The predicted octanol–water partition coefficient (Wildman–Crippen LogP) is 1.95. The monoisotopic (exact) mass is 396 g/mol. The predicted molar refractivity (Wildman–Crippen MR) is 109 cm³/mol. The summed E-state index contributed by atoms with van der Waals surface area (Å²) in [6.07, 6.45) is 4.54. The van der Waals surface area contributed by atoms with Gasteiger partial charge in [-0.2, -0.15) is 0 Å². The molecule has 1 aromatic carbocycles. The van der Waals surface area contributed by atoms with Crippen molar-refractivity contribution in [3.63, 3.8) is 0 Å². The molecule has 3 aromatic rings. The van der Waals surface area contributed by atoms with Gasteiger partial charge in [-0.05, 0) is 44.9 Å². The minimum atomic E-state index is -0.720. The first-order valence-corrected chi connectivity index (χ1v) is 9.73. The average molecular weight is 396 g/mol. The van der Waals surface area contributed by atoms with Gasteiger partial charge in [0, 0.05) is 31.5 Å². The van der Waals surface area contributed by atoms with Gasteiger partial charge < -0.3 is 24.8 Å². The minimum Gasteiger partial charge on any atom is -0.336 e. The number of aromatic nitrogens is 4. The highest BCUT2D eigenvalue weighted by molar-refractivity contribution is 5.98. The first-order valence-electron chi connectivity index (χ1n) is 9.73. The summed E-state index contributed by atoms with van der Waals surface area (Å²) in [5.41, 5.74) is 1.59. The third kappa shape index (κ3) is 3.55. The molecule has 1 atom stereocenters. The van der Waals surface area contributed by atoms with Crippen molar-refractivity contribution < 1.29 is 9.59 Å². The van der Waals surface area contributed by atoms with Crippen molar-refractivity contribution in [3.05, 3.63) is 46.9 Å². The van der Waals surface area contributed by atoms with E-state index in [1.54, 1.807) is 11.2 Å². The molecule has 1 aliphatic heterocycles. The molecule has 1 saturated heterocycles. The van der Waals surface area contributed by atoms with Crippen molar-refractivity contribution >= 4 is 28.5 Å². The number of hydrogen-bond acceptors (Lipinski definition) is 4. The SMILES string of the molecule is CCn1cnc2cc(NC(=O)[C@@]3(C)CCCN(C(=O)c4c[nH]c(=O)[nH]4)C3)ccc21. The van der Waals surface area contributed by atoms with E-state index in [9.17, 15) is 14.4 Å². The van der Waals surface area contributed by atoms with Crippen LogP contribution >= 0.6 is 0 Å². The van der Waals surface area contributed by atoms with E-state index in [1.807, 2.05) is 29.7 Å². The van der Waals surface area contributed by atoms with Crippen molar-refractivity contribution in [1.29, 1.82) is 0 Å². The molecule has 9 nitrogen and oxygen atoms in total. The second-order valence-corrected chi connectivity index (χ2v) is 7.74. The van der Waals surface area contributed by atoms with Gasteiger partial charge in [0.1, 0.15) is 5.69 Å². The van der Waals surface area contributed by atoms with E-state index in [-0.39, 0.29) is 24.1 Å². The van der Waals surface area contributed by atoms with Gasteiger partial charge in [-0.15, -0.1) is 0 Å². The summed E-state index contributed by atoms with van der Waals surface area (Å²) in [4.78, 5) is 47.9. The lowest BCUT2D eigenvalue weighted by Gasteiger charge is -2.39. The topological polar surface area (TPSA) is 116 Å². The molecule has 1 fully saturated rings. The second kappa shape index (κ2) is 7.23. The number of carbonyl (C=O) groups excluding carboxylic acids is 2. The maximum Gasteiger partial charge on any atom is 0.323 e. The number of piperidine rings is 1. The fourth-order valence-electron chi connectivity index (χ4n) is 3.89. The quantitative estimate of drug-likeness (QED) is 0.625. The molecule has 3 heterocycles. The van der Waals surface area contributed by atoms with Gasteiger partial charge >= 0.3 is 5.69 Å². The zero-order valence-electron chi connectivity index (χ0n) is 16.5. The zero-order chi connectivity index (χ0) is 20.6. The Kier molecular flexibility index (Phi) is 4.73. The fourth-order valence-corrected chi connectivity index (χ4v) is 3.89. The van der Waals surface area contributed by atoms with Crippen molar-refractivity contribution in [3.8, 4) is 0 Å². The molecular formula is C20H24N6O3. The largest absolute Gasteiger partial charge is 0.336 e. The number of amides is 2. The number of imidazole rings is 2. The summed E-state index contributed by atoms with van der Waals surface area (Å²) in [6.45, 7) is 5.59. The van der Waals surface area contributed by atoms with Crippen LogP contribution in [0.15, 0.2) is 35.5 Å². The molecule has 0 bridgehead atoms. The minimum absolute atomic E-state index is 0.133. The number of benzene rings is 1. The van der Waals surface area contributed by atoms with Crippen LogP contribution in [0.3, 0.4) is 0 Å². The molecule has 2 amide bonds. The molecule has 0 aliphatic carbocycles. The summed E-state index contributed by atoms with van der Waals surface area (Å²) in [6, 6.07) is 5.68. The van der Waals surface area contributed by atoms with Gasteiger partial charge in [-0.25, -0.2) is 9.78 Å². The van der Waals surface area contributed by atoms with Gasteiger partial charge in [0.2, 0.25) is 5.91 Å². The van der Waals surface area contributed by atoms with E-state index in [2.05, 4.69) is 27.2 Å². The normalized spacial score (nSPS) is 19.4. The number of nitrogens with zero attached hydrogens (tertiary/aromatic N) is 3. The van der Waals surface area contributed by atoms with Gasteiger partial charge in [0.05, 0.1) is 22.8 Å². The van der Waals surface area contributed by atoms with Crippen LogP contribution in [0, 0.1) is 5.41 Å². The highest BCUT2D eigenvalue weighted by atomic mass is 16.2. The fraction of sp³-hybridized carbons (Fsp3) is 0.400. The Balaban J connectivity index is 1.49. The third-order valence-corrected chi connectivity index (χ3v) is 5.58. The van der Waals surface area contributed by atoms with E-state index < -0.39 is 11.1 Å². The number of carbonyl (C=O) groups is 2. The Bertz CT molecular complexity index is 1130. The molecule has 152 valence electrons. The van der Waals surface area contributed by atoms with Gasteiger partial charge in [0.25, 0.3) is 5.91 Å². The first-order chi connectivity index (χ1) is 13.9. The maximum absolute atomic E-state index is 13.1. The van der Waals surface area contributed by atoms with Crippen LogP contribution in [-0.2, 0) is 11.3 Å². The van der Waals surface area contributed by atoms with Crippen LogP contribution in [0.1, 0.15) is 37.2 Å². The van der Waals surface area contributed by atoms with Crippen LogP contribution in [-0.4, -0.2) is 49.3 Å². The number of likely N-dealkylation sites (tertiary alicyclic amines) is 1. The van der Waals surface area contributed by atoms with E-state index in [1.165, 1.54) is 6.20 Å². The van der Waals surface area contributed by atoms with Crippen LogP contribution in [0.25, 0.3) is 11.0 Å². The average Bonchev–Trinajstić information content (AvgIpc) is 3.33. The molecule has 0 saturated carbocycles. The molecule has 3 N–H and O–H groups in total. The first kappa shape index (κ1) is 19.0. The lowest BCUT2D eigenvalue weighted by atomic mass is 9.80. The van der Waals surface area contributed by atoms with Crippen molar-refractivity contribution in [2.45, 2.75) is 33.2 Å². The van der Waals surface area contributed by atoms with E-state index in [4.69, 9.17) is 0 Å². The number of H-pyrrole nitrogens is 2. The molecule has 4 rings (SSSR count). The molecule has 0 unspecified atom stereocenters. The third-order valence-electron chi connectivity index (χ3n) is 5.58. The number of nitrogens with one attached hydrogen (secondary N) is 3. The second-order valence-electron chi connectivity index (χ2n) is 7.74. The molecule has 0 spiro atoms. The number of fused-ring (bicyclic) bond motifs is 1. The van der Waals surface area contributed by atoms with Crippen molar-refractivity contribution in [2.75, 3.05) is 18.4 Å². The highest BCUT2D eigenvalue weighted by Gasteiger charge is 2.39. The zero-order valence-corrected chi connectivity index (χ0v) is 16.5. The standard InChI is InChI=1S/C20H24N6O3/c1-3-25-12-22-14-9-13(5-6-16(14)25)23-18(28)20(2)7-4-8-26(11-20)17(27)15-10-21-19(29)24-15/h5-6,9-10,12H,3-4,7-8,11H2,1-2H3,(H,23,28)(H2,21,24,29)/t20-/m0/s1. The Labute approximate surface area is 167 Å². The Hall–Kier alpha value is -3.36. The molecule has 0 radical (unpaired) electrons. The van der Waals surface area contributed by atoms with Gasteiger partial charge in [0.15, 0.2) is 0 Å². The molecule has 1 aliphatic rings. The number of rotatable bonds is 4. The van der Waals surface area contributed by atoms with Crippen LogP contribution in [0.2, 0.25) is 0 Å². The Morgan fingerprint density at radius 3 is 2.90 bits per heavy atom.